The molecule has 1 fully saturated rings. The Kier molecular flexibility index (Phi) is 6.96. The van der Waals surface area contributed by atoms with E-state index in [2.05, 4.69) is 5.32 Å². The summed E-state index contributed by atoms with van der Waals surface area (Å²) in [5, 5.41) is 11.7. The number of hydrogen-bond donors (Lipinski definition) is 2. The second kappa shape index (κ2) is 10.1. The Morgan fingerprint density at radius 3 is 2.43 bits per heavy atom. The van der Waals surface area contributed by atoms with Crippen molar-refractivity contribution >= 4 is 17.8 Å². The van der Waals surface area contributed by atoms with E-state index >= 15 is 0 Å². The molecule has 1 unspecified atom stereocenters. The Labute approximate surface area is 204 Å². The molecule has 1 atom stereocenters. The van der Waals surface area contributed by atoms with Crippen molar-refractivity contribution < 1.29 is 14.0 Å². The van der Waals surface area contributed by atoms with Crippen molar-refractivity contribution in [1.82, 2.24) is 15.1 Å². The fraction of sp³-hybridized carbons (Fsp3) is 0.250. The normalized spacial score (nSPS) is 17.4. The fourth-order valence-corrected chi connectivity index (χ4v) is 4.55. The van der Waals surface area contributed by atoms with Gasteiger partial charge in [-0.1, -0.05) is 67.9 Å². The second-order valence-electron chi connectivity index (χ2n) is 8.87. The molecule has 0 saturated carbocycles. The molecule has 2 N–H and O–H groups in total. The van der Waals surface area contributed by atoms with Gasteiger partial charge in [0.05, 0.1) is 6.54 Å². The van der Waals surface area contributed by atoms with Crippen LogP contribution in [0.1, 0.15) is 46.8 Å². The lowest BCUT2D eigenvalue weighted by Crippen LogP contribution is -2.43. The van der Waals surface area contributed by atoms with E-state index in [1.807, 2.05) is 43.3 Å². The number of benzene rings is 3. The van der Waals surface area contributed by atoms with Crippen LogP contribution >= 0.6 is 0 Å². The Morgan fingerprint density at radius 1 is 1.03 bits per heavy atom. The lowest BCUT2D eigenvalue weighted by Gasteiger charge is -2.27. The summed E-state index contributed by atoms with van der Waals surface area (Å²) in [6.45, 7) is 2.55. The minimum Gasteiger partial charge on any atom is -0.338 e. The molecule has 6 nitrogen and oxygen atoms in total. The molecule has 35 heavy (non-hydrogen) atoms. The van der Waals surface area contributed by atoms with Gasteiger partial charge < -0.3 is 10.2 Å². The number of guanidine groups is 1. The van der Waals surface area contributed by atoms with Gasteiger partial charge in [0.25, 0.3) is 11.8 Å². The van der Waals surface area contributed by atoms with Crippen LogP contribution in [0.2, 0.25) is 0 Å². The van der Waals surface area contributed by atoms with E-state index in [4.69, 9.17) is 5.41 Å². The zero-order valence-corrected chi connectivity index (χ0v) is 19.9. The SMILES string of the molecule is CCCC1(c2ccccc2)NC(=N)N(Cc2cccc(C(=O)N(C)Cc3ccc(F)cc3)c2)C1=O. The van der Waals surface area contributed by atoms with Crippen LogP contribution in [0, 0.1) is 11.2 Å². The number of halogens is 1. The van der Waals surface area contributed by atoms with Gasteiger partial charge in [-0.15, -0.1) is 0 Å². The van der Waals surface area contributed by atoms with Crippen LogP contribution < -0.4 is 5.32 Å². The summed E-state index contributed by atoms with van der Waals surface area (Å²) < 4.78 is 13.2. The van der Waals surface area contributed by atoms with Crippen molar-refractivity contribution in [3.63, 3.8) is 0 Å². The van der Waals surface area contributed by atoms with E-state index in [0.29, 0.717) is 18.5 Å². The van der Waals surface area contributed by atoms with E-state index in [1.54, 1.807) is 42.3 Å². The highest BCUT2D eigenvalue weighted by atomic mass is 19.1. The topological polar surface area (TPSA) is 76.5 Å². The van der Waals surface area contributed by atoms with E-state index in [-0.39, 0.29) is 30.1 Å². The van der Waals surface area contributed by atoms with Crippen molar-refractivity contribution in [2.45, 2.75) is 38.4 Å². The van der Waals surface area contributed by atoms with Gasteiger partial charge in [0.2, 0.25) is 0 Å². The molecule has 2 amide bonds. The third kappa shape index (κ3) is 4.94. The standard InChI is InChI=1S/C28H29FN4O2/c1-3-16-28(23-10-5-4-6-11-23)26(35)33(27(30)31-28)19-21-8-7-9-22(17-21)25(34)32(2)18-20-12-14-24(29)15-13-20/h4-15,17H,3,16,18-19H2,1-2H3,(H2,30,31). The minimum atomic E-state index is -0.962. The predicted molar refractivity (Wildman–Crippen MR) is 133 cm³/mol. The first-order valence-corrected chi connectivity index (χ1v) is 11.7. The van der Waals surface area contributed by atoms with Gasteiger partial charge in [0, 0.05) is 19.2 Å². The highest BCUT2D eigenvalue weighted by molar-refractivity contribution is 6.08. The maximum atomic E-state index is 13.6. The van der Waals surface area contributed by atoms with Crippen LogP contribution in [0.5, 0.6) is 0 Å². The van der Waals surface area contributed by atoms with Gasteiger partial charge in [0.15, 0.2) is 5.96 Å². The summed E-state index contributed by atoms with van der Waals surface area (Å²) >= 11 is 0. The van der Waals surface area contributed by atoms with E-state index in [9.17, 15) is 14.0 Å². The van der Waals surface area contributed by atoms with Crippen LogP contribution in [-0.4, -0.2) is 34.6 Å². The van der Waals surface area contributed by atoms with Gasteiger partial charge >= 0.3 is 0 Å². The van der Waals surface area contributed by atoms with Gasteiger partial charge in [-0.3, -0.25) is 19.9 Å². The number of carbonyl (C=O) groups excluding carboxylic acids is 2. The van der Waals surface area contributed by atoms with E-state index in [0.717, 1.165) is 23.1 Å². The summed E-state index contributed by atoms with van der Waals surface area (Å²) in [5.74, 6) is -0.609. The molecule has 1 aliphatic rings. The van der Waals surface area contributed by atoms with Crippen molar-refractivity contribution in [2.24, 2.45) is 0 Å². The van der Waals surface area contributed by atoms with Gasteiger partial charge in [-0.05, 0) is 47.4 Å². The van der Waals surface area contributed by atoms with Crippen LogP contribution in [0.15, 0.2) is 78.9 Å². The van der Waals surface area contributed by atoms with E-state index in [1.165, 1.54) is 17.0 Å². The molecule has 0 bridgehead atoms. The molecular formula is C28H29FN4O2. The molecule has 0 spiro atoms. The molecule has 7 heteroatoms. The molecular weight excluding hydrogens is 443 g/mol. The lowest BCUT2D eigenvalue weighted by atomic mass is 9.85. The van der Waals surface area contributed by atoms with Crippen LogP contribution in [0.3, 0.4) is 0 Å². The molecule has 3 aromatic rings. The average molecular weight is 473 g/mol. The number of rotatable bonds is 8. The lowest BCUT2D eigenvalue weighted by molar-refractivity contribution is -0.132. The Morgan fingerprint density at radius 2 is 1.74 bits per heavy atom. The Balaban J connectivity index is 1.52. The third-order valence-electron chi connectivity index (χ3n) is 6.30. The van der Waals surface area contributed by atoms with Crippen molar-refractivity contribution in [3.8, 4) is 0 Å². The number of amides is 2. The predicted octanol–water partition coefficient (Wildman–Crippen LogP) is 4.66. The fourth-order valence-electron chi connectivity index (χ4n) is 4.55. The number of nitrogens with zero attached hydrogens (tertiary/aromatic N) is 2. The molecule has 1 saturated heterocycles. The zero-order chi connectivity index (χ0) is 25.0. The number of hydrogen-bond acceptors (Lipinski definition) is 3. The molecule has 3 aromatic carbocycles. The van der Waals surface area contributed by atoms with Crippen molar-refractivity contribution in [1.29, 1.82) is 5.41 Å². The average Bonchev–Trinajstić information content (AvgIpc) is 3.11. The minimum absolute atomic E-state index is 0.0532. The van der Waals surface area contributed by atoms with Crippen LogP contribution in [0.25, 0.3) is 0 Å². The van der Waals surface area contributed by atoms with Crippen LogP contribution in [0.4, 0.5) is 4.39 Å². The molecule has 180 valence electrons. The van der Waals surface area contributed by atoms with Gasteiger partial charge in [0.1, 0.15) is 11.4 Å². The Hall–Kier alpha value is -4.00. The van der Waals surface area contributed by atoms with Crippen molar-refractivity contribution in [3.05, 3.63) is 107 Å². The first-order chi connectivity index (χ1) is 16.8. The largest absolute Gasteiger partial charge is 0.338 e. The van der Waals surface area contributed by atoms with Crippen molar-refractivity contribution in [2.75, 3.05) is 7.05 Å². The second-order valence-corrected chi connectivity index (χ2v) is 8.87. The highest BCUT2D eigenvalue weighted by Crippen LogP contribution is 2.34. The molecule has 1 heterocycles. The summed E-state index contributed by atoms with van der Waals surface area (Å²) in [7, 11) is 1.70. The summed E-state index contributed by atoms with van der Waals surface area (Å²) in [6, 6.07) is 22.7. The summed E-state index contributed by atoms with van der Waals surface area (Å²) in [5.41, 5.74) is 1.95. The van der Waals surface area contributed by atoms with Gasteiger partial charge in [-0.2, -0.15) is 0 Å². The summed E-state index contributed by atoms with van der Waals surface area (Å²) in [4.78, 5) is 29.6. The monoisotopic (exact) mass is 472 g/mol. The molecule has 4 rings (SSSR count). The maximum Gasteiger partial charge on any atom is 0.260 e. The first-order valence-electron chi connectivity index (χ1n) is 11.7. The smallest absolute Gasteiger partial charge is 0.260 e. The van der Waals surface area contributed by atoms with Crippen LogP contribution in [-0.2, 0) is 23.4 Å². The summed E-state index contributed by atoms with van der Waals surface area (Å²) in [6.07, 6.45) is 1.35. The zero-order valence-electron chi connectivity index (χ0n) is 19.9. The molecule has 0 aliphatic carbocycles. The third-order valence-corrected chi connectivity index (χ3v) is 6.30. The Bertz CT molecular complexity index is 1230. The number of carbonyl (C=O) groups is 2. The molecule has 0 aromatic heterocycles. The maximum absolute atomic E-state index is 13.6. The quantitative estimate of drug-likeness (QED) is 0.501. The molecule has 0 radical (unpaired) electrons. The van der Waals surface area contributed by atoms with E-state index < -0.39 is 5.54 Å². The number of nitrogens with one attached hydrogen (secondary N) is 2. The molecule has 1 aliphatic heterocycles. The van der Waals surface area contributed by atoms with Gasteiger partial charge in [-0.25, -0.2) is 4.39 Å². The highest BCUT2D eigenvalue weighted by Gasteiger charge is 2.49. The first kappa shape index (κ1) is 24.1.